The summed E-state index contributed by atoms with van der Waals surface area (Å²) < 4.78 is 0. The fourth-order valence-electron chi connectivity index (χ4n) is 3.22. The van der Waals surface area contributed by atoms with Crippen LogP contribution in [0.5, 0.6) is 0 Å². The van der Waals surface area contributed by atoms with E-state index in [2.05, 4.69) is 33.1 Å². The van der Waals surface area contributed by atoms with E-state index in [-0.39, 0.29) is 5.91 Å². The van der Waals surface area contributed by atoms with Gasteiger partial charge in [-0.25, -0.2) is 5.01 Å². The number of carbonyl (C=O) groups is 1. The molecule has 0 aromatic carbocycles. The van der Waals surface area contributed by atoms with Crippen LogP contribution in [0.15, 0.2) is 0 Å². The third-order valence-corrected chi connectivity index (χ3v) is 4.98. The van der Waals surface area contributed by atoms with Crippen molar-refractivity contribution in [3.8, 4) is 0 Å². The van der Waals surface area contributed by atoms with E-state index in [1.54, 1.807) is 0 Å². The van der Waals surface area contributed by atoms with Gasteiger partial charge >= 0.3 is 0 Å². The van der Waals surface area contributed by atoms with Gasteiger partial charge in [-0.2, -0.15) is 0 Å². The van der Waals surface area contributed by atoms with Crippen LogP contribution < -0.4 is 5.43 Å². The topological polar surface area (TPSA) is 32.3 Å². The molecule has 3 nitrogen and oxygen atoms in total. The van der Waals surface area contributed by atoms with Crippen LogP contribution >= 0.6 is 0 Å². The average molecular weight is 355 g/mol. The number of hydrogen-bond donors (Lipinski definition) is 1. The first-order chi connectivity index (χ1) is 12.1. The number of carbonyl (C=O) groups excluding carboxylic acids is 1. The molecule has 0 bridgehead atoms. The number of hydrazine groups is 1. The third kappa shape index (κ3) is 18.0. The van der Waals surface area contributed by atoms with Crippen molar-refractivity contribution in [2.75, 3.05) is 13.1 Å². The van der Waals surface area contributed by atoms with E-state index in [1.807, 2.05) is 5.01 Å². The summed E-state index contributed by atoms with van der Waals surface area (Å²) >= 11 is 0. The summed E-state index contributed by atoms with van der Waals surface area (Å²) in [6, 6.07) is 0. The average Bonchev–Trinajstić information content (AvgIpc) is 2.59. The summed E-state index contributed by atoms with van der Waals surface area (Å²) in [4.78, 5) is 11.8. The zero-order chi connectivity index (χ0) is 18.8. The molecule has 1 amide bonds. The van der Waals surface area contributed by atoms with Gasteiger partial charge in [-0.05, 0) is 12.3 Å². The lowest BCUT2D eigenvalue weighted by Crippen LogP contribution is -2.41. The Morgan fingerprint density at radius 2 is 1.12 bits per heavy atom. The number of rotatable bonds is 18. The highest BCUT2D eigenvalue weighted by molar-refractivity contribution is 5.75. The van der Waals surface area contributed by atoms with Gasteiger partial charge in [0.05, 0.1) is 0 Å². The third-order valence-electron chi connectivity index (χ3n) is 4.98. The summed E-state index contributed by atoms with van der Waals surface area (Å²) in [6.07, 6.45) is 18.2. The van der Waals surface area contributed by atoms with Gasteiger partial charge in [0.2, 0.25) is 5.91 Å². The van der Waals surface area contributed by atoms with Gasteiger partial charge in [0.15, 0.2) is 0 Å². The van der Waals surface area contributed by atoms with Gasteiger partial charge in [0.1, 0.15) is 0 Å². The first-order valence-electron chi connectivity index (χ1n) is 11.1. The van der Waals surface area contributed by atoms with Crippen LogP contribution in [0, 0.1) is 5.92 Å². The van der Waals surface area contributed by atoms with E-state index in [0.717, 1.165) is 25.4 Å². The zero-order valence-electron chi connectivity index (χ0n) is 17.7. The summed E-state index contributed by atoms with van der Waals surface area (Å²) in [6.45, 7) is 10.5. The molecule has 0 heterocycles. The lowest BCUT2D eigenvalue weighted by molar-refractivity contribution is -0.125. The van der Waals surface area contributed by atoms with Crippen molar-refractivity contribution in [3.63, 3.8) is 0 Å². The van der Waals surface area contributed by atoms with Gasteiger partial charge in [-0.3, -0.25) is 10.2 Å². The standard InChI is InChI=1S/C22H46N2O/c1-5-24(6-2)23-22(25)20-18-16-14-12-10-8-7-9-11-13-15-17-19-21(3)4/h21H,5-20H2,1-4H3,(H,23,25). The Morgan fingerprint density at radius 3 is 1.52 bits per heavy atom. The van der Waals surface area contributed by atoms with Crippen molar-refractivity contribution in [1.29, 1.82) is 0 Å². The smallest absolute Gasteiger partial charge is 0.234 e. The van der Waals surface area contributed by atoms with Gasteiger partial charge in [0.25, 0.3) is 0 Å². The van der Waals surface area contributed by atoms with Gasteiger partial charge in [-0.15, -0.1) is 0 Å². The highest BCUT2D eigenvalue weighted by Crippen LogP contribution is 2.14. The monoisotopic (exact) mass is 354 g/mol. The summed E-state index contributed by atoms with van der Waals surface area (Å²) in [5.74, 6) is 1.05. The molecule has 0 fully saturated rings. The second-order valence-corrected chi connectivity index (χ2v) is 7.88. The van der Waals surface area contributed by atoms with Crippen molar-refractivity contribution in [2.24, 2.45) is 5.92 Å². The van der Waals surface area contributed by atoms with Gasteiger partial charge in [-0.1, -0.05) is 105 Å². The van der Waals surface area contributed by atoms with Crippen molar-refractivity contribution in [2.45, 2.75) is 118 Å². The van der Waals surface area contributed by atoms with Crippen LogP contribution in [0.2, 0.25) is 0 Å². The Morgan fingerprint density at radius 1 is 0.720 bits per heavy atom. The highest BCUT2D eigenvalue weighted by atomic mass is 16.2. The minimum absolute atomic E-state index is 0.178. The lowest BCUT2D eigenvalue weighted by atomic mass is 10.0. The molecule has 0 saturated carbocycles. The molecule has 150 valence electrons. The zero-order valence-corrected chi connectivity index (χ0v) is 17.7. The maximum absolute atomic E-state index is 11.8. The van der Waals surface area contributed by atoms with Crippen LogP contribution in [-0.4, -0.2) is 24.0 Å². The molecule has 0 rings (SSSR count). The van der Waals surface area contributed by atoms with E-state index in [4.69, 9.17) is 0 Å². The minimum Gasteiger partial charge on any atom is -0.289 e. The van der Waals surface area contributed by atoms with E-state index in [9.17, 15) is 4.79 Å². The van der Waals surface area contributed by atoms with Crippen LogP contribution in [0.4, 0.5) is 0 Å². The first-order valence-corrected chi connectivity index (χ1v) is 11.1. The summed E-state index contributed by atoms with van der Waals surface area (Å²) in [5, 5.41) is 1.96. The van der Waals surface area contributed by atoms with Crippen molar-refractivity contribution in [3.05, 3.63) is 0 Å². The second-order valence-electron chi connectivity index (χ2n) is 7.88. The highest BCUT2D eigenvalue weighted by Gasteiger charge is 2.04. The maximum Gasteiger partial charge on any atom is 0.234 e. The molecule has 3 heteroatoms. The fraction of sp³-hybridized carbons (Fsp3) is 0.955. The quantitative estimate of drug-likeness (QED) is 0.226. The molecular formula is C22H46N2O. The Kier molecular flexibility index (Phi) is 17.8. The minimum atomic E-state index is 0.178. The van der Waals surface area contributed by atoms with Crippen molar-refractivity contribution in [1.82, 2.24) is 10.4 Å². The summed E-state index contributed by atoms with van der Waals surface area (Å²) in [7, 11) is 0. The van der Waals surface area contributed by atoms with Crippen LogP contribution in [0.1, 0.15) is 118 Å². The van der Waals surface area contributed by atoms with Gasteiger partial charge in [0, 0.05) is 19.5 Å². The van der Waals surface area contributed by atoms with Crippen LogP contribution in [0.25, 0.3) is 0 Å². The number of nitrogens with zero attached hydrogens (tertiary/aromatic N) is 1. The first kappa shape index (κ1) is 24.4. The largest absolute Gasteiger partial charge is 0.289 e. The molecule has 0 aromatic heterocycles. The molecule has 0 aliphatic rings. The van der Waals surface area contributed by atoms with Crippen molar-refractivity contribution >= 4 is 5.91 Å². The molecule has 0 aliphatic carbocycles. The SMILES string of the molecule is CCN(CC)NC(=O)CCCCCCCCCCCCCCC(C)C. The molecule has 0 aromatic rings. The normalized spacial score (nSPS) is 11.4. The van der Waals surface area contributed by atoms with E-state index >= 15 is 0 Å². The molecule has 0 atom stereocenters. The Labute approximate surface area is 158 Å². The Bertz CT molecular complexity index is 288. The molecule has 1 N–H and O–H groups in total. The number of unbranched alkanes of at least 4 members (excludes halogenated alkanes) is 11. The number of amides is 1. The van der Waals surface area contributed by atoms with Gasteiger partial charge < -0.3 is 0 Å². The Hall–Kier alpha value is -0.570. The molecule has 0 spiro atoms. The summed E-state index contributed by atoms with van der Waals surface area (Å²) in [5.41, 5.74) is 2.96. The molecule has 0 saturated heterocycles. The predicted molar refractivity (Wildman–Crippen MR) is 111 cm³/mol. The molecule has 25 heavy (non-hydrogen) atoms. The van der Waals surface area contributed by atoms with Crippen molar-refractivity contribution < 1.29 is 4.79 Å². The fourth-order valence-corrected chi connectivity index (χ4v) is 3.22. The van der Waals surface area contributed by atoms with E-state index < -0.39 is 0 Å². The maximum atomic E-state index is 11.8. The van der Waals surface area contributed by atoms with Crippen LogP contribution in [0.3, 0.4) is 0 Å². The van der Waals surface area contributed by atoms with Crippen LogP contribution in [-0.2, 0) is 4.79 Å². The molecule has 0 unspecified atom stereocenters. The number of hydrogen-bond acceptors (Lipinski definition) is 2. The molecule has 0 aliphatic heterocycles. The van der Waals surface area contributed by atoms with E-state index in [1.165, 1.54) is 77.0 Å². The Balaban J connectivity index is 3.20. The second kappa shape index (κ2) is 18.2. The van der Waals surface area contributed by atoms with E-state index in [0.29, 0.717) is 6.42 Å². The molecule has 0 radical (unpaired) electrons. The number of nitrogens with one attached hydrogen (secondary N) is 1. The molecular weight excluding hydrogens is 308 g/mol. The lowest BCUT2D eigenvalue weighted by Gasteiger charge is -2.19. The predicted octanol–water partition coefficient (Wildman–Crippen LogP) is 6.48.